The van der Waals surface area contributed by atoms with Gasteiger partial charge in [0.15, 0.2) is 0 Å². The molecule has 4 heteroatoms. The van der Waals surface area contributed by atoms with E-state index >= 15 is 0 Å². The van der Waals surface area contributed by atoms with Crippen LogP contribution in [0.3, 0.4) is 0 Å². The van der Waals surface area contributed by atoms with Gasteiger partial charge in [-0.05, 0) is 45.1 Å². The van der Waals surface area contributed by atoms with Crippen LogP contribution in [0.15, 0.2) is 24.4 Å². The van der Waals surface area contributed by atoms with E-state index in [9.17, 15) is 9.59 Å². The van der Waals surface area contributed by atoms with E-state index < -0.39 is 11.7 Å². The van der Waals surface area contributed by atoms with Gasteiger partial charge in [0, 0.05) is 6.20 Å². The van der Waals surface area contributed by atoms with Crippen LogP contribution in [0.5, 0.6) is 0 Å². The highest BCUT2D eigenvalue weighted by Crippen LogP contribution is 2.12. The van der Waals surface area contributed by atoms with Crippen molar-refractivity contribution in [3.8, 4) is 0 Å². The highest BCUT2D eigenvalue weighted by Gasteiger charge is 2.18. The first-order valence-electron chi connectivity index (χ1n) is 4.96. The molecule has 0 aromatic carbocycles. The maximum Gasteiger partial charge on any atom is 0.418 e. The number of aromatic nitrogens is 1. The van der Waals surface area contributed by atoms with Crippen LogP contribution in [0.1, 0.15) is 26.5 Å². The second-order valence-electron chi connectivity index (χ2n) is 4.28. The number of hydrogen-bond donors (Lipinski definition) is 0. The molecule has 4 nitrogen and oxygen atoms in total. The smallest absolute Gasteiger partial charge is 0.418 e. The molecule has 0 aliphatic carbocycles. The van der Waals surface area contributed by atoms with Crippen LogP contribution in [-0.2, 0) is 9.53 Å². The molecule has 0 aliphatic heterocycles. The summed E-state index contributed by atoms with van der Waals surface area (Å²) >= 11 is 0. The van der Waals surface area contributed by atoms with Gasteiger partial charge < -0.3 is 4.74 Å². The van der Waals surface area contributed by atoms with Crippen LogP contribution in [0.4, 0.5) is 4.79 Å². The molecule has 0 N–H and O–H groups in total. The van der Waals surface area contributed by atoms with Crippen LogP contribution in [-0.4, -0.2) is 22.5 Å². The standard InChI is InChI=1S/C12H15NO3/c1-12(2,3)16-11(15)13-8-4-6-10(13)7-5-9-14/h4-9H,1-3H3. The molecular formula is C12H15NO3. The van der Waals surface area contributed by atoms with Crippen molar-refractivity contribution in [3.63, 3.8) is 0 Å². The summed E-state index contributed by atoms with van der Waals surface area (Å²) in [6, 6.07) is 3.44. The third-order valence-corrected chi connectivity index (χ3v) is 1.72. The highest BCUT2D eigenvalue weighted by molar-refractivity contribution is 5.78. The lowest BCUT2D eigenvalue weighted by Crippen LogP contribution is -2.27. The highest BCUT2D eigenvalue weighted by atomic mass is 16.6. The Kier molecular flexibility index (Phi) is 3.66. The molecule has 0 saturated heterocycles. The van der Waals surface area contributed by atoms with Crippen molar-refractivity contribution in [1.82, 2.24) is 4.57 Å². The maximum atomic E-state index is 11.7. The first-order valence-corrected chi connectivity index (χ1v) is 4.96. The van der Waals surface area contributed by atoms with Crippen molar-refractivity contribution >= 4 is 18.5 Å². The molecule has 0 bridgehead atoms. The molecule has 0 amide bonds. The summed E-state index contributed by atoms with van der Waals surface area (Å²) in [5.74, 6) is 0. The van der Waals surface area contributed by atoms with Crippen molar-refractivity contribution in [3.05, 3.63) is 30.1 Å². The zero-order valence-corrected chi connectivity index (χ0v) is 9.64. The molecule has 1 rings (SSSR count). The fraction of sp³-hybridized carbons (Fsp3) is 0.333. The topological polar surface area (TPSA) is 48.3 Å². The van der Waals surface area contributed by atoms with Crippen molar-refractivity contribution in [1.29, 1.82) is 0 Å². The normalized spacial score (nSPS) is 11.7. The molecule has 0 radical (unpaired) electrons. The van der Waals surface area contributed by atoms with E-state index in [4.69, 9.17) is 4.74 Å². The summed E-state index contributed by atoms with van der Waals surface area (Å²) in [5.41, 5.74) is 0.0776. The van der Waals surface area contributed by atoms with Gasteiger partial charge in [-0.1, -0.05) is 0 Å². The van der Waals surface area contributed by atoms with Crippen molar-refractivity contribution in [2.75, 3.05) is 0 Å². The number of carbonyl (C=O) groups is 2. The second kappa shape index (κ2) is 4.79. The number of hydrogen-bond acceptors (Lipinski definition) is 3. The van der Waals surface area contributed by atoms with E-state index in [0.29, 0.717) is 12.0 Å². The van der Waals surface area contributed by atoms with E-state index in [1.807, 2.05) is 0 Å². The number of aldehydes is 1. The Morgan fingerprint density at radius 3 is 2.69 bits per heavy atom. The van der Waals surface area contributed by atoms with E-state index in [0.717, 1.165) is 0 Å². The molecule has 16 heavy (non-hydrogen) atoms. The first kappa shape index (κ1) is 12.2. The zero-order chi connectivity index (χ0) is 12.2. The molecule has 1 aromatic heterocycles. The predicted molar refractivity (Wildman–Crippen MR) is 61.2 cm³/mol. The second-order valence-corrected chi connectivity index (χ2v) is 4.28. The van der Waals surface area contributed by atoms with Gasteiger partial charge in [-0.2, -0.15) is 0 Å². The SMILES string of the molecule is CC(C)(C)OC(=O)n1cccc1C=CC=O. The van der Waals surface area contributed by atoms with Gasteiger partial charge in [0.25, 0.3) is 0 Å². The minimum atomic E-state index is -0.535. The molecule has 0 unspecified atom stereocenters. The fourth-order valence-electron chi connectivity index (χ4n) is 1.15. The number of carbonyl (C=O) groups excluding carboxylic acids is 2. The number of rotatable bonds is 2. The molecular weight excluding hydrogens is 206 g/mol. The van der Waals surface area contributed by atoms with Crippen molar-refractivity contribution in [2.24, 2.45) is 0 Å². The van der Waals surface area contributed by atoms with Gasteiger partial charge in [-0.25, -0.2) is 4.79 Å². The van der Waals surface area contributed by atoms with Crippen molar-refractivity contribution in [2.45, 2.75) is 26.4 Å². The molecule has 0 fully saturated rings. The predicted octanol–water partition coefficient (Wildman–Crippen LogP) is 2.48. The van der Waals surface area contributed by atoms with Crippen LogP contribution in [0.2, 0.25) is 0 Å². The number of ether oxygens (including phenoxy) is 1. The third kappa shape index (κ3) is 3.38. The third-order valence-electron chi connectivity index (χ3n) is 1.72. The van der Waals surface area contributed by atoms with E-state index in [1.165, 1.54) is 10.6 Å². The molecule has 0 aliphatic rings. The fourth-order valence-corrected chi connectivity index (χ4v) is 1.15. The molecule has 1 heterocycles. The lowest BCUT2D eigenvalue weighted by molar-refractivity contribution is -0.104. The van der Waals surface area contributed by atoms with E-state index in [-0.39, 0.29) is 0 Å². The summed E-state index contributed by atoms with van der Waals surface area (Å²) in [4.78, 5) is 21.9. The minimum Gasteiger partial charge on any atom is -0.443 e. The quantitative estimate of drug-likeness (QED) is 0.569. The Morgan fingerprint density at radius 1 is 1.44 bits per heavy atom. The average Bonchev–Trinajstić information content (AvgIpc) is 2.59. The van der Waals surface area contributed by atoms with Gasteiger partial charge in [-0.15, -0.1) is 0 Å². The number of nitrogens with zero attached hydrogens (tertiary/aromatic N) is 1. The summed E-state index contributed by atoms with van der Waals surface area (Å²) in [7, 11) is 0. The van der Waals surface area contributed by atoms with Crippen LogP contribution in [0, 0.1) is 0 Å². The van der Waals surface area contributed by atoms with Gasteiger partial charge in [-0.3, -0.25) is 9.36 Å². The molecule has 0 saturated carbocycles. The average molecular weight is 221 g/mol. The van der Waals surface area contributed by atoms with Gasteiger partial charge in [0.2, 0.25) is 0 Å². The lowest BCUT2D eigenvalue weighted by atomic mass is 10.2. The molecule has 86 valence electrons. The molecule has 0 atom stereocenters. The largest absolute Gasteiger partial charge is 0.443 e. The molecule has 0 spiro atoms. The lowest BCUT2D eigenvalue weighted by Gasteiger charge is -2.20. The monoisotopic (exact) mass is 221 g/mol. The zero-order valence-electron chi connectivity index (χ0n) is 9.64. The van der Waals surface area contributed by atoms with Gasteiger partial charge >= 0.3 is 6.09 Å². The van der Waals surface area contributed by atoms with Crippen LogP contribution in [0.25, 0.3) is 6.08 Å². The Hall–Kier alpha value is -1.84. The van der Waals surface area contributed by atoms with Gasteiger partial charge in [0.05, 0.1) is 5.69 Å². The molecule has 1 aromatic rings. The summed E-state index contributed by atoms with van der Waals surface area (Å²) in [6.45, 7) is 5.40. The van der Waals surface area contributed by atoms with E-state index in [2.05, 4.69) is 0 Å². The first-order chi connectivity index (χ1) is 7.44. The van der Waals surface area contributed by atoms with Crippen molar-refractivity contribution < 1.29 is 14.3 Å². The Bertz CT molecular complexity index is 410. The Balaban J connectivity index is 2.88. The summed E-state index contributed by atoms with van der Waals surface area (Å²) in [6.07, 6.45) is 4.68. The van der Waals surface area contributed by atoms with Gasteiger partial charge in [0.1, 0.15) is 11.9 Å². The Morgan fingerprint density at radius 2 is 2.12 bits per heavy atom. The summed E-state index contributed by atoms with van der Waals surface area (Å²) < 4.78 is 6.56. The van der Waals surface area contributed by atoms with Crippen LogP contribution < -0.4 is 0 Å². The number of allylic oxidation sites excluding steroid dienone is 1. The van der Waals surface area contributed by atoms with Crippen LogP contribution >= 0.6 is 0 Å². The maximum absolute atomic E-state index is 11.7. The van der Waals surface area contributed by atoms with E-state index in [1.54, 1.807) is 45.2 Å². The Labute approximate surface area is 94.5 Å². The minimum absolute atomic E-state index is 0.456. The summed E-state index contributed by atoms with van der Waals surface area (Å²) in [5, 5.41) is 0.